The van der Waals surface area contributed by atoms with Crippen molar-refractivity contribution in [3.63, 3.8) is 0 Å². The van der Waals surface area contributed by atoms with Gasteiger partial charge in [0.15, 0.2) is 5.69 Å². The summed E-state index contributed by atoms with van der Waals surface area (Å²) >= 11 is 0. The smallest absolute Gasteiger partial charge is 0.270 e. The Hall–Kier alpha value is -3.18. The first-order chi connectivity index (χ1) is 16.9. The van der Waals surface area contributed by atoms with Crippen molar-refractivity contribution in [3.8, 4) is 0 Å². The molecule has 8 heteroatoms. The van der Waals surface area contributed by atoms with Gasteiger partial charge in [-0.3, -0.25) is 4.79 Å². The Balaban J connectivity index is 1.12. The zero-order chi connectivity index (χ0) is 24.2. The highest BCUT2D eigenvalue weighted by atomic mass is 16.3. The number of piperazine rings is 1. The second kappa shape index (κ2) is 8.49. The molecule has 0 spiro atoms. The number of nitrogens with one attached hydrogen (secondary N) is 1. The van der Waals surface area contributed by atoms with E-state index in [1.54, 1.807) is 12.3 Å². The molecule has 1 aromatic carbocycles. The van der Waals surface area contributed by atoms with E-state index in [4.69, 9.17) is 6.57 Å². The van der Waals surface area contributed by atoms with Gasteiger partial charge in [0.25, 0.3) is 5.91 Å². The molecule has 2 heterocycles. The third kappa shape index (κ3) is 4.12. The maximum absolute atomic E-state index is 13.2. The van der Waals surface area contributed by atoms with Crippen LogP contribution in [0.2, 0.25) is 0 Å². The number of carbonyl (C=O) groups excluding carboxylic acids is 1. The zero-order valence-electron chi connectivity index (χ0n) is 20.1. The Labute approximate surface area is 206 Å². The quantitative estimate of drug-likeness (QED) is 0.664. The highest BCUT2D eigenvalue weighted by Gasteiger charge is 2.55. The number of aliphatic hydroxyl groups is 1. The van der Waals surface area contributed by atoms with Crippen LogP contribution in [-0.4, -0.2) is 58.3 Å². The molecule has 1 amide bonds. The van der Waals surface area contributed by atoms with Crippen molar-refractivity contribution >= 4 is 23.2 Å². The number of aromatic nitrogens is 2. The van der Waals surface area contributed by atoms with Crippen LogP contribution in [0.1, 0.15) is 49.5 Å². The van der Waals surface area contributed by atoms with Gasteiger partial charge in [-0.25, -0.2) is 14.8 Å². The van der Waals surface area contributed by atoms with Gasteiger partial charge in [-0.05, 0) is 75.0 Å². The highest BCUT2D eigenvalue weighted by Crippen LogP contribution is 2.55. The van der Waals surface area contributed by atoms with Crippen LogP contribution in [0, 0.1) is 24.3 Å². The summed E-state index contributed by atoms with van der Waals surface area (Å²) < 4.78 is 0. The molecule has 1 aromatic heterocycles. The van der Waals surface area contributed by atoms with Gasteiger partial charge < -0.3 is 20.2 Å². The zero-order valence-corrected chi connectivity index (χ0v) is 20.1. The molecular weight excluding hydrogens is 440 g/mol. The first-order valence-electron chi connectivity index (χ1n) is 12.8. The lowest BCUT2D eigenvalue weighted by Gasteiger charge is -2.58. The molecule has 3 atom stereocenters. The Morgan fingerprint density at radius 1 is 1.14 bits per heavy atom. The minimum atomic E-state index is -0.503. The minimum absolute atomic E-state index is 0.134. The van der Waals surface area contributed by atoms with Gasteiger partial charge in [-0.15, -0.1) is 0 Å². The Bertz CT molecular complexity index is 1150. The SMILES string of the molecule is [C-]#[N+]c1ccc(N2CCN(c3nccc(C(=O)NC4C5CC6CC4CC(O)(C6)C5)n3)[C@H](C)C2)cc1. The maximum atomic E-state index is 13.2. The molecule has 182 valence electrons. The molecule has 1 saturated heterocycles. The van der Waals surface area contributed by atoms with Crippen molar-refractivity contribution in [2.24, 2.45) is 17.8 Å². The van der Waals surface area contributed by atoms with Crippen LogP contribution in [-0.2, 0) is 0 Å². The summed E-state index contributed by atoms with van der Waals surface area (Å²) in [5, 5.41) is 14.1. The van der Waals surface area contributed by atoms with E-state index in [0.717, 1.165) is 57.4 Å². The number of amides is 1. The monoisotopic (exact) mass is 472 g/mol. The van der Waals surface area contributed by atoms with Crippen LogP contribution >= 0.6 is 0 Å². The largest absolute Gasteiger partial charge is 0.390 e. The molecule has 4 saturated carbocycles. The lowest BCUT2D eigenvalue weighted by molar-refractivity contribution is -0.136. The van der Waals surface area contributed by atoms with Gasteiger partial charge >= 0.3 is 0 Å². The molecule has 5 fully saturated rings. The summed E-state index contributed by atoms with van der Waals surface area (Å²) in [6.45, 7) is 11.7. The lowest BCUT2D eigenvalue weighted by Crippen LogP contribution is -2.61. The number of hydrogen-bond acceptors (Lipinski definition) is 6. The van der Waals surface area contributed by atoms with Crippen molar-refractivity contribution in [1.29, 1.82) is 0 Å². The number of hydrogen-bond donors (Lipinski definition) is 2. The molecule has 8 nitrogen and oxygen atoms in total. The van der Waals surface area contributed by atoms with Crippen LogP contribution in [0.15, 0.2) is 36.5 Å². The normalized spacial score (nSPS) is 33.5. The Morgan fingerprint density at radius 3 is 2.54 bits per heavy atom. The molecular formula is C27H32N6O2. The van der Waals surface area contributed by atoms with Crippen molar-refractivity contribution < 1.29 is 9.90 Å². The van der Waals surface area contributed by atoms with E-state index in [1.165, 1.54) is 0 Å². The van der Waals surface area contributed by atoms with E-state index in [9.17, 15) is 9.90 Å². The molecule has 7 rings (SSSR count). The van der Waals surface area contributed by atoms with Crippen molar-refractivity contribution in [1.82, 2.24) is 15.3 Å². The topological polar surface area (TPSA) is 86.0 Å². The van der Waals surface area contributed by atoms with Crippen molar-refractivity contribution in [3.05, 3.63) is 53.6 Å². The van der Waals surface area contributed by atoms with Gasteiger partial charge in [-0.2, -0.15) is 0 Å². The van der Waals surface area contributed by atoms with E-state index in [1.807, 2.05) is 24.3 Å². The van der Waals surface area contributed by atoms with Gasteiger partial charge in [0.05, 0.1) is 12.2 Å². The van der Waals surface area contributed by atoms with Gasteiger partial charge in [0, 0.05) is 43.6 Å². The van der Waals surface area contributed by atoms with Crippen molar-refractivity contribution in [2.45, 2.75) is 56.7 Å². The fourth-order valence-electron chi connectivity index (χ4n) is 7.28. The molecule has 4 aliphatic carbocycles. The van der Waals surface area contributed by atoms with E-state index >= 15 is 0 Å². The fraction of sp³-hybridized carbons (Fsp3) is 0.556. The maximum Gasteiger partial charge on any atom is 0.270 e. The third-order valence-corrected chi connectivity index (χ3v) is 8.64. The number of nitrogens with zero attached hydrogens (tertiary/aromatic N) is 5. The number of rotatable bonds is 4. The second-order valence-electron chi connectivity index (χ2n) is 11.1. The average molecular weight is 473 g/mol. The highest BCUT2D eigenvalue weighted by molar-refractivity contribution is 5.92. The lowest BCUT2D eigenvalue weighted by atomic mass is 9.52. The van der Waals surface area contributed by atoms with Crippen LogP contribution in [0.25, 0.3) is 4.85 Å². The summed E-state index contributed by atoms with van der Waals surface area (Å²) in [6.07, 6.45) is 6.46. The van der Waals surface area contributed by atoms with E-state index in [2.05, 4.69) is 36.9 Å². The minimum Gasteiger partial charge on any atom is -0.390 e. The number of anilines is 2. The summed E-state index contributed by atoms with van der Waals surface area (Å²) in [6, 6.07) is 9.72. The predicted octanol–water partition coefficient (Wildman–Crippen LogP) is 3.41. The van der Waals surface area contributed by atoms with Crippen LogP contribution in [0.4, 0.5) is 17.3 Å². The summed E-state index contributed by atoms with van der Waals surface area (Å²) in [7, 11) is 0. The van der Waals surface area contributed by atoms with Crippen LogP contribution in [0.3, 0.4) is 0 Å². The number of carbonyl (C=O) groups is 1. The first kappa shape index (κ1) is 22.3. The van der Waals surface area contributed by atoms with Gasteiger partial charge in [-0.1, -0.05) is 12.1 Å². The van der Waals surface area contributed by atoms with Gasteiger partial charge in [0.2, 0.25) is 5.95 Å². The molecule has 0 radical (unpaired) electrons. The molecule has 35 heavy (non-hydrogen) atoms. The Morgan fingerprint density at radius 2 is 1.89 bits per heavy atom. The van der Waals surface area contributed by atoms with Crippen LogP contribution in [0.5, 0.6) is 0 Å². The molecule has 4 bridgehead atoms. The molecule has 2 aromatic rings. The van der Waals surface area contributed by atoms with E-state index in [-0.39, 0.29) is 18.0 Å². The molecule has 5 aliphatic rings. The van der Waals surface area contributed by atoms with E-state index in [0.29, 0.717) is 35.1 Å². The van der Waals surface area contributed by atoms with Crippen LogP contribution < -0.4 is 15.1 Å². The average Bonchev–Trinajstić information content (AvgIpc) is 2.85. The summed E-state index contributed by atoms with van der Waals surface area (Å²) in [5.74, 6) is 1.81. The molecule has 2 unspecified atom stereocenters. The first-order valence-corrected chi connectivity index (χ1v) is 12.8. The van der Waals surface area contributed by atoms with E-state index < -0.39 is 5.60 Å². The summed E-state index contributed by atoms with van der Waals surface area (Å²) in [5.41, 5.74) is 1.66. The third-order valence-electron chi connectivity index (χ3n) is 8.64. The fourth-order valence-corrected chi connectivity index (χ4v) is 7.28. The summed E-state index contributed by atoms with van der Waals surface area (Å²) in [4.78, 5) is 30.3. The standard InChI is InChI=1S/C27H32N6O2/c1-17-16-32(22-5-3-21(28-2)4-6-22)9-10-33(17)26-29-8-7-23(30-26)25(34)31-24-19-11-18-12-20(24)15-27(35,13-18)14-19/h3-8,17-20,24,35H,9-16H2,1H3,(H,31,34)/t17-,18?,19?,20?,24?,27?/m1/s1. The molecule has 2 N–H and O–H groups in total. The number of benzene rings is 1. The Kier molecular flexibility index (Phi) is 5.41. The van der Waals surface area contributed by atoms with Gasteiger partial charge in [0.1, 0.15) is 5.69 Å². The second-order valence-corrected chi connectivity index (χ2v) is 11.1. The predicted molar refractivity (Wildman–Crippen MR) is 134 cm³/mol. The molecule has 1 aliphatic heterocycles. The van der Waals surface area contributed by atoms with Crippen molar-refractivity contribution in [2.75, 3.05) is 29.4 Å².